The second kappa shape index (κ2) is 7.49. The van der Waals surface area contributed by atoms with Gasteiger partial charge in [-0.15, -0.1) is 0 Å². The lowest BCUT2D eigenvalue weighted by atomic mass is 10.1. The van der Waals surface area contributed by atoms with Crippen LogP contribution in [0.2, 0.25) is 0 Å². The molecule has 0 aliphatic rings. The normalized spacial score (nSPS) is 14.8. The highest BCUT2D eigenvalue weighted by molar-refractivity contribution is 5.01. The summed E-state index contributed by atoms with van der Waals surface area (Å²) in [7, 11) is 0. The van der Waals surface area contributed by atoms with Gasteiger partial charge in [0.2, 0.25) is 0 Å². The van der Waals surface area contributed by atoms with Crippen LogP contribution in [-0.2, 0) is 6.42 Å². The summed E-state index contributed by atoms with van der Waals surface area (Å²) in [6.45, 7) is 6.60. The third-order valence-corrected chi connectivity index (χ3v) is 3.36. The molecule has 0 saturated carbocycles. The summed E-state index contributed by atoms with van der Waals surface area (Å²) in [6, 6.07) is 2.85. The minimum atomic E-state index is 0.266. The lowest BCUT2D eigenvalue weighted by Crippen LogP contribution is -2.23. The summed E-state index contributed by atoms with van der Waals surface area (Å²) in [5.74, 6) is 0. The quantitative estimate of drug-likeness (QED) is 0.705. The van der Waals surface area contributed by atoms with Crippen LogP contribution in [0.3, 0.4) is 0 Å². The van der Waals surface area contributed by atoms with Crippen LogP contribution in [0.25, 0.3) is 0 Å². The van der Waals surface area contributed by atoms with Crippen molar-refractivity contribution in [3.05, 3.63) is 18.0 Å². The first-order valence-electron chi connectivity index (χ1n) is 6.97. The largest absolute Gasteiger partial charge is 0.327 e. The van der Waals surface area contributed by atoms with Gasteiger partial charge in [0.05, 0.1) is 5.69 Å². The van der Waals surface area contributed by atoms with Crippen LogP contribution in [0.1, 0.15) is 64.6 Å². The third kappa shape index (κ3) is 4.90. The van der Waals surface area contributed by atoms with Crippen molar-refractivity contribution in [3.63, 3.8) is 0 Å². The Morgan fingerprint density at radius 1 is 1.35 bits per heavy atom. The van der Waals surface area contributed by atoms with Crippen LogP contribution < -0.4 is 5.73 Å². The molecule has 0 aliphatic heterocycles. The number of aromatic nitrogens is 2. The minimum Gasteiger partial charge on any atom is -0.327 e. The van der Waals surface area contributed by atoms with Gasteiger partial charge in [-0.1, -0.05) is 33.1 Å². The number of rotatable bonds is 8. The molecule has 0 spiro atoms. The van der Waals surface area contributed by atoms with Gasteiger partial charge in [-0.05, 0) is 25.8 Å². The molecule has 0 bridgehead atoms. The Morgan fingerprint density at radius 2 is 2.12 bits per heavy atom. The van der Waals surface area contributed by atoms with Gasteiger partial charge in [0, 0.05) is 24.7 Å². The van der Waals surface area contributed by atoms with E-state index in [1.54, 1.807) is 0 Å². The molecule has 1 heterocycles. The Bertz CT molecular complexity index is 306. The molecule has 0 aliphatic carbocycles. The summed E-state index contributed by atoms with van der Waals surface area (Å²) < 4.78 is 2.05. The standard InChI is InChI=1S/C14H27N3/c1-4-6-7-8-13(15)11-14-9-10-17(16-14)12(3)5-2/h9-10,12-13H,4-8,11,15H2,1-3H3. The van der Waals surface area contributed by atoms with Crippen molar-refractivity contribution in [2.75, 3.05) is 0 Å². The molecule has 0 aromatic carbocycles. The topological polar surface area (TPSA) is 43.8 Å². The maximum Gasteiger partial charge on any atom is 0.0640 e. The molecule has 1 aromatic heterocycles. The predicted molar refractivity (Wildman–Crippen MR) is 73.1 cm³/mol. The first-order valence-corrected chi connectivity index (χ1v) is 6.97. The molecule has 17 heavy (non-hydrogen) atoms. The van der Waals surface area contributed by atoms with E-state index in [1.165, 1.54) is 19.3 Å². The van der Waals surface area contributed by atoms with Crippen LogP contribution in [0.4, 0.5) is 0 Å². The zero-order chi connectivity index (χ0) is 12.7. The molecule has 3 heteroatoms. The fraction of sp³-hybridized carbons (Fsp3) is 0.786. The number of hydrogen-bond donors (Lipinski definition) is 1. The van der Waals surface area contributed by atoms with E-state index in [2.05, 4.69) is 38.1 Å². The SMILES string of the molecule is CCCCCC(N)Cc1ccn(C(C)CC)n1. The number of nitrogens with zero attached hydrogens (tertiary/aromatic N) is 2. The summed E-state index contributed by atoms with van der Waals surface area (Å²) in [6.07, 6.45) is 9.00. The highest BCUT2D eigenvalue weighted by Gasteiger charge is 2.08. The van der Waals surface area contributed by atoms with E-state index in [4.69, 9.17) is 5.73 Å². The molecule has 3 nitrogen and oxygen atoms in total. The highest BCUT2D eigenvalue weighted by atomic mass is 15.3. The first-order chi connectivity index (χ1) is 8.17. The molecule has 2 N–H and O–H groups in total. The second-order valence-electron chi connectivity index (χ2n) is 5.00. The van der Waals surface area contributed by atoms with Crippen molar-refractivity contribution in [2.45, 2.75) is 71.4 Å². The Labute approximate surface area is 105 Å². The van der Waals surface area contributed by atoms with Gasteiger partial charge in [0.1, 0.15) is 0 Å². The third-order valence-electron chi connectivity index (χ3n) is 3.36. The van der Waals surface area contributed by atoms with Crippen LogP contribution in [0.15, 0.2) is 12.3 Å². The van der Waals surface area contributed by atoms with E-state index in [-0.39, 0.29) is 6.04 Å². The Kier molecular flexibility index (Phi) is 6.27. The smallest absolute Gasteiger partial charge is 0.0640 e. The summed E-state index contributed by atoms with van der Waals surface area (Å²) in [5.41, 5.74) is 7.25. The van der Waals surface area contributed by atoms with E-state index in [0.717, 1.165) is 25.0 Å². The van der Waals surface area contributed by atoms with Crippen molar-refractivity contribution < 1.29 is 0 Å². The average Bonchev–Trinajstić information content (AvgIpc) is 2.77. The van der Waals surface area contributed by atoms with Gasteiger partial charge in [0.15, 0.2) is 0 Å². The molecule has 0 radical (unpaired) electrons. The van der Waals surface area contributed by atoms with Gasteiger partial charge in [0.25, 0.3) is 0 Å². The molecule has 0 saturated heterocycles. The second-order valence-corrected chi connectivity index (χ2v) is 5.00. The van der Waals surface area contributed by atoms with Gasteiger partial charge in [-0.3, -0.25) is 4.68 Å². The maximum absolute atomic E-state index is 6.12. The molecule has 1 aromatic rings. The zero-order valence-corrected chi connectivity index (χ0v) is 11.5. The molecule has 1 rings (SSSR count). The molecule has 0 fully saturated rings. The highest BCUT2D eigenvalue weighted by Crippen LogP contribution is 2.11. The molecule has 2 atom stereocenters. The minimum absolute atomic E-state index is 0.266. The van der Waals surface area contributed by atoms with Gasteiger partial charge in [-0.25, -0.2) is 0 Å². The number of hydrogen-bond acceptors (Lipinski definition) is 2. The molecule has 2 unspecified atom stereocenters. The lowest BCUT2D eigenvalue weighted by Gasteiger charge is -2.10. The maximum atomic E-state index is 6.12. The van der Waals surface area contributed by atoms with Crippen LogP contribution in [0, 0.1) is 0 Å². The van der Waals surface area contributed by atoms with E-state index in [1.807, 2.05) is 4.68 Å². The summed E-state index contributed by atoms with van der Waals surface area (Å²) in [5, 5.41) is 4.59. The van der Waals surface area contributed by atoms with E-state index in [9.17, 15) is 0 Å². The first kappa shape index (κ1) is 14.2. The monoisotopic (exact) mass is 237 g/mol. The number of unbranched alkanes of at least 4 members (excludes halogenated alkanes) is 2. The van der Waals surface area contributed by atoms with Gasteiger partial charge >= 0.3 is 0 Å². The molecular weight excluding hydrogens is 210 g/mol. The van der Waals surface area contributed by atoms with Crippen molar-refractivity contribution in [3.8, 4) is 0 Å². The van der Waals surface area contributed by atoms with Crippen molar-refractivity contribution in [1.82, 2.24) is 9.78 Å². The zero-order valence-electron chi connectivity index (χ0n) is 11.5. The van der Waals surface area contributed by atoms with Gasteiger partial charge in [-0.2, -0.15) is 5.10 Å². The Hall–Kier alpha value is -0.830. The van der Waals surface area contributed by atoms with Gasteiger partial charge < -0.3 is 5.73 Å². The molecule has 98 valence electrons. The summed E-state index contributed by atoms with van der Waals surface area (Å²) in [4.78, 5) is 0. The fourth-order valence-electron chi connectivity index (χ4n) is 1.95. The summed E-state index contributed by atoms with van der Waals surface area (Å²) >= 11 is 0. The number of nitrogens with two attached hydrogens (primary N) is 1. The molecular formula is C14H27N3. The Morgan fingerprint density at radius 3 is 2.76 bits per heavy atom. The van der Waals surface area contributed by atoms with Crippen LogP contribution in [0.5, 0.6) is 0 Å². The average molecular weight is 237 g/mol. The van der Waals surface area contributed by atoms with E-state index < -0.39 is 0 Å². The molecule has 0 amide bonds. The van der Waals surface area contributed by atoms with Crippen LogP contribution >= 0.6 is 0 Å². The van der Waals surface area contributed by atoms with E-state index >= 15 is 0 Å². The van der Waals surface area contributed by atoms with Crippen LogP contribution in [-0.4, -0.2) is 15.8 Å². The lowest BCUT2D eigenvalue weighted by molar-refractivity contribution is 0.469. The van der Waals surface area contributed by atoms with E-state index in [0.29, 0.717) is 6.04 Å². The van der Waals surface area contributed by atoms with Crippen molar-refractivity contribution in [2.24, 2.45) is 5.73 Å². The predicted octanol–water partition coefficient (Wildman–Crippen LogP) is 3.30. The Balaban J connectivity index is 2.37. The van der Waals surface area contributed by atoms with Crippen molar-refractivity contribution in [1.29, 1.82) is 0 Å². The fourth-order valence-corrected chi connectivity index (χ4v) is 1.95. The van der Waals surface area contributed by atoms with Crippen molar-refractivity contribution >= 4 is 0 Å².